The third-order valence-corrected chi connectivity index (χ3v) is 5.68. The topological polar surface area (TPSA) is 61.4 Å². The van der Waals surface area contributed by atoms with Crippen molar-refractivity contribution in [3.63, 3.8) is 0 Å². The van der Waals surface area contributed by atoms with Crippen molar-refractivity contribution in [3.05, 3.63) is 52.7 Å². The van der Waals surface area contributed by atoms with Crippen molar-refractivity contribution >= 4 is 11.7 Å². The molecule has 1 amide bonds. The highest BCUT2D eigenvalue weighted by molar-refractivity contribution is 5.79. The lowest BCUT2D eigenvalue weighted by atomic mass is 10.0. The lowest BCUT2D eigenvalue weighted by Crippen LogP contribution is -2.31. The van der Waals surface area contributed by atoms with Gasteiger partial charge >= 0.3 is 0 Å². The Morgan fingerprint density at radius 1 is 1.25 bits per heavy atom. The van der Waals surface area contributed by atoms with Crippen LogP contribution in [0.15, 0.2) is 24.3 Å². The van der Waals surface area contributed by atoms with Crippen LogP contribution >= 0.6 is 0 Å². The first-order chi connectivity index (χ1) is 13.5. The zero-order chi connectivity index (χ0) is 19.7. The quantitative estimate of drug-likeness (QED) is 0.877. The van der Waals surface area contributed by atoms with Crippen LogP contribution in [0.1, 0.15) is 35.0 Å². The van der Waals surface area contributed by atoms with Crippen LogP contribution in [0.5, 0.6) is 0 Å². The van der Waals surface area contributed by atoms with E-state index >= 15 is 0 Å². The van der Waals surface area contributed by atoms with Gasteiger partial charge in [-0.2, -0.15) is 0 Å². The number of nitrogens with zero attached hydrogens (tertiary/aromatic N) is 4. The molecule has 1 aromatic carbocycles. The van der Waals surface area contributed by atoms with Crippen LogP contribution in [0.2, 0.25) is 0 Å². The summed E-state index contributed by atoms with van der Waals surface area (Å²) in [5.41, 5.74) is 3.14. The number of benzene rings is 1. The fraction of sp³-hybridized carbons (Fsp3) is 0.476. The summed E-state index contributed by atoms with van der Waals surface area (Å²) in [7, 11) is 4.01. The van der Waals surface area contributed by atoms with Crippen molar-refractivity contribution in [2.75, 3.05) is 39.0 Å². The molecule has 1 saturated heterocycles. The number of fused-ring (bicyclic) bond motifs is 1. The maximum atomic E-state index is 13.1. The number of likely N-dealkylation sites (N-methyl/N-ethyl adjacent to an activating group) is 1. The number of hydrogen-bond acceptors (Lipinski definition) is 5. The lowest BCUT2D eigenvalue weighted by molar-refractivity contribution is -0.129. The van der Waals surface area contributed by atoms with E-state index in [0.717, 1.165) is 48.8 Å². The molecule has 1 atom stereocenters. The van der Waals surface area contributed by atoms with Gasteiger partial charge in [0.05, 0.1) is 12.1 Å². The molecule has 28 heavy (non-hydrogen) atoms. The number of anilines is 1. The molecule has 1 N–H and O–H groups in total. The normalized spacial score (nSPS) is 19.5. The van der Waals surface area contributed by atoms with Crippen LogP contribution in [0.25, 0.3) is 0 Å². The molecular formula is C21H26FN5O. The molecule has 2 aliphatic rings. The summed E-state index contributed by atoms with van der Waals surface area (Å²) < 4.78 is 13.1. The van der Waals surface area contributed by atoms with Gasteiger partial charge in [-0.1, -0.05) is 12.1 Å². The Morgan fingerprint density at radius 3 is 2.79 bits per heavy atom. The highest BCUT2D eigenvalue weighted by atomic mass is 19.1. The van der Waals surface area contributed by atoms with E-state index < -0.39 is 0 Å². The first kappa shape index (κ1) is 18.8. The summed E-state index contributed by atoms with van der Waals surface area (Å²) in [4.78, 5) is 26.4. The van der Waals surface area contributed by atoms with Gasteiger partial charge in [-0.25, -0.2) is 14.4 Å². The summed E-state index contributed by atoms with van der Waals surface area (Å²) in [6.07, 6.45) is 2.12. The van der Waals surface area contributed by atoms with E-state index in [1.807, 2.05) is 11.9 Å². The molecule has 0 aliphatic carbocycles. The van der Waals surface area contributed by atoms with Crippen LogP contribution in [0, 0.1) is 5.82 Å². The average molecular weight is 383 g/mol. The minimum Gasteiger partial charge on any atom is -0.373 e. The van der Waals surface area contributed by atoms with Crippen LogP contribution in [0.4, 0.5) is 10.2 Å². The van der Waals surface area contributed by atoms with E-state index in [2.05, 4.69) is 17.3 Å². The van der Waals surface area contributed by atoms with Crippen molar-refractivity contribution in [3.8, 4) is 0 Å². The summed E-state index contributed by atoms with van der Waals surface area (Å²) in [6, 6.07) is 6.13. The Bertz CT molecular complexity index is 870. The number of rotatable bonds is 4. The van der Waals surface area contributed by atoms with Crippen molar-refractivity contribution in [2.24, 2.45) is 0 Å². The minimum absolute atomic E-state index is 0.0700. The molecule has 2 aliphatic heterocycles. The molecule has 0 unspecified atom stereocenters. The lowest BCUT2D eigenvalue weighted by Gasteiger charge is -2.26. The highest BCUT2D eigenvalue weighted by Crippen LogP contribution is 2.30. The van der Waals surface area contributed by atoms with Gasteiger partial charge in [0.15, 0.2) is 0 Å². The van der Waals surface area contributed by atoms with Crippen molar-refractivity contribution in [1.82, 2.24) is 19.8 Å². The zero-order valence-electron chi connectivity index (χ0n) is 16.4. The summed E-state index contributed by atoms with van der Waals surface area (Å²) in [5.74, 6) is 1.69. The van der Waals surface area contributed by atoms with E-state index in [-0.39, 0.29) is 17.6 Å². The number of likely N-dealkylation sites (tertiary alicyclic amines) is 1. The Balaban J connectivity index is 1.47. The molecule has 148 valence electrons. The van der Waals surface area contributed by atoms with Gasteiger partial charge in [-0.15, -0.1) is 0 Å². The third kappa shape index (κ3) is 3.85. The van der Waals surface area contributed by atoms with E-state index in [1.54, 1.807) is 12.1 Å². The monoisotopic (exact) mass is 383 g/mol. The van der Waals surface area contributed by atoms with Gasteiger partial charge in [-0.05, 0) is 37.6 Å². The molecule has 1 fully saturated rings. The number of aromatic nitrogens is 2. The summed E-state index contributed by atoms with van der Waals surface area (Å²) in [5, 5.41) is 3.22. The predicted molar refractivity (Wildman–Crippen MR) is 106 cm³/mol. The molecule has 2 aromatic rings. The largest absolute Gasteiger partial charge is 0.373 e. The SMILES string of the molecule is CNc1nc([C@H]2CCN(C(=O)Cc3ccc(F)cc3)C2)nc2c1CCN(C)C2. The second kappa shape index (κ2) is 7.83. The second-order valence-electron chi connectivity index (χ2n) is 7.72. The molecule has 4 rings (SSSR count). The minimum atomic E-state index is -0.284. The van der Waals surface area contributed by atoms with Crippen LogP contribution in [0.3, 0.4) is 0 Å². The Hall–Kier alpha value is -2.54. The van der Waals surface area contributed by atoms with Crippen molar-refractivity contribution in [1.29, 1.82) is 0 Å². The van der Waals surface area contributed by atoms with Crippen LogP contribution < -0.4 is 5.32 Å². The molecule has 3 heterocycles. The van der Waals surface area contributed by atoms with Crippen LogP contribution in [-0.4, -0.2) is 59.4 Å². The molecule has 0 saturated carbocycles. The average Bonchev–Trinajstić information content (AvgIpc) is 3.19. The highest BCUT2D eigenvalue weighted by Gasteiger charge is 2.31. The summed E-state index contributed by atoms with van der Waals surface area (Å²) >= 11 is 0. The van der Waals surface area contributed by atoms with Gasteiger partial charge in [0.2, 0.25) is 5.91 Å². The van der Waals surface area contributed by atoms with Gasteiger partial charge in [0.1, 0.15) is 17.5 Å². The van der Waals surface area contributed by atoms with Crippen molar-refractivity contribution in [2.45, 2.75) is 31.7 Å². The molecule has 0 radical (unpaired) electrons. The smallest absolute Gasteiger partial charge is 0.227 e. The molecule has 0 bridgehead atoms. The summed E-state index contributed by atoms with van der Waals surface area (Å²) in [6.45, 7) is 3.19. The molecule has 1 aromatic heterocycles. The van der Waals surface area contributed by atoms with Crippen LogP contribution in [-0.2, 0) is 24.2 Å². The number of hydrogen-bond donors (Lipinski definition) is 1. The first-order valence-corrected chi connectivity index (χ1v) is 9.81. The number of nitrogens with one attached hydrogen (secondary N) is 1. The molecule has 7 heteroatoms. The standard InChI is InChI=1S/C21H26FN5O/c1-23-21-17-8-9-26(2)13-18(17)24-20(25-21)15-7-10-27(12-15)19(28)11-14-3-5-16(22)6-4-14/h3-6,15H,7-13H2,1-2H3,(H,23,24,25)/t15-/m0/s1. The van der Waals surface area contributed by atoms with E-state index in [9.17, 15) is 9.18 Å². The number of amides is 1. The van der Waals surface area contributed by atoms with E-state index in [1.165, 1.54) is 17.7 Å². The fourth-order valence-corrected chi connectivity index (χ4v) is 4.06. The van der Waals surface area contributed by atoms with Crippen molar-refractivity contribution < 1.29 is 9.18 Å². The van der Waals surface area contributed by atoms with E-state index in [0.29, 0.717) is 19.5 Å². The second-order valence-corrected chi connectivity index (χ2v) is 7.72. The number of carbonyl (C=O) groups excluding carboxylic acids is 1. The maximum Gasteiger partial charge on any atom is 0.227 e. The predicted octanol–water partition coefficient (Wildman–Crippen LogP) is 2.20. The Morgan fingerprint density at radius 2 is 2.04 bits per heavy atom. The Labute approximate surface area is 164 Å². The number of carbonyl (C=O) groups is 1. The number of halogens is 1. The molecule has 0 spiro atoms. The molecule has 6 nitrogen and oxygen atoms in total. The Kier molecular flexibility index (Phi) is 5.26. The van der Waals surface area contributed by atoms with Gasteiger partial charge in [-0.3, -0.25) is 4.79 Å². The first-order valence-electron chi connectivity index (χ1n) is 9.81. The zero-order valence-corrected chi connectivity index (χ0v) is 16.4. The van der Waals surface area contributed by atoms with Gasteiger partial charge < -0.3 is 15.1 Å². The fourth-order valence-electron chi connectivity index (χ4n) is 4.06. The maximum absolute atomic E-state index is 13.1. The molecular weight excluding hydrogens is 357 g/mol. The van der Waals surface area contributed by atoms with E-state index in [4.69, 9.17) is 9.97 Å². The van der Waals surface area contributed by atoms with Gasteiger partial charge in [0.25, 0.3) is 0 Å². The van der Waals surface area contributed by atoms with Gasteiger partial charge in [0, 0.05) is 44.7 Å². The third-order valence-electron chi connectivity index (χ3n) is 5.68.